The summed E-state index contributed by atoms with van der Waals surface area (Å²) in [5.41, 5.74) is 0.598. The summed E-state index contributed by atoms with van der Waals surface area (Å²) in [6.45, 7) is 0.574. The third-order valence-corrected chi connectivity index (χ3v) is 7.31. The summed E-state index contributed by atoms with van der Waals surface area (Å²) < 4.78 is 38.4. The van der Waals surface area contributed by atoms with E-state index in [1.54, 1.807) is 55.6 Å². The first kappa shape index (κ1) is 23.2. The summed E-state index contributed by atoms with van der Waals surface area (Å²) >= 11 is 6.22. The molecule has 2 N–H and O–H groups in total. The highest BCUT2D eigenvalue weighted by atomic mass is 35.5. The van der Waals surface area contributed by atoms with Crippen LogP contribution in [0.1, 0.15) is 24.4 Å². The maximum atomic E-state index is 13.0. The lowest BCUT2D eigenvalue weighted by Crippen LogP contribution is -2.45. The number of ether oxygens (including phenoxy) is 2. The predicted octanol–water partition coefficient (Wildman–Crippen LogP) is 3.53. The quantitative estimate of drug-likeness (QED) is 0.614. The van der Waals surface area contributed by atoms with Gasteiger partial charge in [0, 0.05) is 19.2 Å². The molecule has 1 amide bonds. The van der Waals surface area contributed by atoms with Crippen LogP contribution in [0.25, 0.3) is 0 Å². The zero-order valence-corrected chi connectivity index (χ0v) is 18.6. The van der Waals surface area contributed by atoms with Crippen molar-refractivity contribution in [1.82, 2.24) is 9.62 Å². The molecule has 0 bridgehead atoms. The van der Waals surface area contributed by atoms with E-state index in [0.29, 0.717) is 34.9 Å². The predicted molar refractivity (Wildman–Crippen MR) is 117 cm³/mol. The number of rotatable bonds is 8. The number of piperidine rings is 1. The molecule has 2 aromatic carbocycles. The molecule has 0 radical (unpaired) electrons. The molecule has 10 heteroatoms. The highest BCUT2D eigenvalue weighted by Crippen LogP contribution is 2.31. The van der Waals surface area contributed by atoms with Crippen molar-refractivity contribution in [1.29, 1.82) is 0 Å². The van der Waals surface area contributed by atoms with Crippen molar-refractivity contribution < 1.29 is 27.8 Å². The molecule has 0 aliphatic carbocycles. The van der Waals surface area contributed by atoms with Gasteiger partial charge in [-0.2, -0.15) is 0 Å². The van der Waals surface area contributed by atoms with Gasteiger partial charge in [-0.25, -0.2) is 17.5 Å². The molecule has 8 nitrogen and oxygen atoms in total. The normalized spacial score (nSPS) is 16.5. The lowest BCUT2D eigenvalue weighted by Gasteiger charge is -2.32. The second-order valence-electron chi connectivity index (χ2n) is 7.20. The number of carbonyl (C=O) groups is 1. The summed E-state index contributed by atoms with van der Waals surface area (Å²) in [5.74, 6) is 0.805. The third kappa shape index (κ3) is 6.25. The molecule has 1 saturated heterocycles. The molecule has 3 rings (SSSR count). The summed E-state index contributed by atoms with van der Waals surface area (Å²) in [6, 6.07) is 13.0. The molecular weight excluding hydrogens is 444 g/mol. The molecule has 1 heterocycles. The molecule has 0 spiro atoms. The van der Waals surface area contributed by atoms with Crippen LogP contribution < -0.4 is 14.8 Å². The zero-order valence-electron chi connectivity index (χ0n) is 17.0. The Morgan fingerprint density at radius 3 is 2.48 bits per heavy atom. The van der Waals surface area contributed by atoms with Gasteiger partial charge in [0.15, 0.2) is 0 Å². The van der Waals surface area contributed by atoms with Gasteiger partial charge in [-0.05, 0) is 30.5 Å². The van der Waals surface area contributed by atoms with Gasteiger partial charge in [-0.3, -0.25) is 0 Å². The Morgan fingerprint density at radius 1 is 1.23 bits per heavy atom. The molecule has 0 unspecified atom stereocenters. The van der Waals surface area contributed by atoms with Crippen molar-refractivity contribution in [3.05, 3.63) is 59.1 Å². The van der Waals surface area contributed by atoms with Crippen LogP contribution in [0.5, 0.6) is 11.5 Å². The maximum Gasteiger partial charge on any atom is 0.405 e. The molecule has 168 valence electrons. The Labute approximate surface area is 186 Å². The number of nitrogens with one attached hydrogen (secondary N) is 1. The monoisotopic (exact) mass is 468 g/mol. The van der Waals surface area contributed by atoms with Gasteiger partial charge in [0.1, 0.15) is 17.6 Å². The van der Waals surface area contributed by atoms with Gasteiger partial charge in [0.05, 0.1) is 23.9 Å². The first-order chi connectivity index (χ1) is 14.8. The summed E-state index contributed by atoms with van der Waals surface area (Å²) in [6.07, 6.45) is -0.430. The largest absolute Gasteiger partial charge is 0.497 e. The van der Waals surface area contributed by atoms with Crippen molar-refractivity contribution in [3.8, 4) is 11.5 Å². The van der Waals surface area contributed by atoms with E-state index in [9.17, 15) is 13.2 Å². The number of hydrogen-bond acceptors (Lipinski definition) is 5. The van der Waals surface area contributed by atoms with E-state index in [-0.39, 0.29) is 24.9 Å². The fourth-order valence-electron chi connectivity index (χ4n) is 3.48. The molecule has 0 aromatic heterocycles. The molecule has 2 aromatic rings. The average molecular weight is 469 g/mol. The molecule has 1 atom stereocenters. The van der Waals surface area contributed by atoms with Crippen LogP contribution in [0.3, 0.4) is 0 Å². The highest BCUT2D eigenvalue weighted by Gasteiger charge is 2.32. The second kappa shape index (κ2) is 10.2. The fraction of sp³-hybridized carbons (Fsp3) is 0.381. The van der Waals surface area contributed by atoms with E-state index in [1.165, 1.54) is 4.31 Å². The lowest BCUT2D eigenvalue weighted by atomic mass is 10.1. The van der Waals surface area contributed by atoms with Crippen molar-refractivity contribution in [2.45, 2.75) is 25.0 Å². The Bertz CT molecular complexity index is 994. The van der Waals surface area contributed by atoms with Gasteiger partial charge in [0.2, 0.25) is 10.0 Å². The minimum Gasteiger partial charge on any atom is -0.497 e. The van der Waals surface area contributed by atoms with E-state index in [4.69, 9.17) is 26.2 Å². The molecule has 1 aliphatic rings. The Hall–Kier alpha value is -2.49. The Balaban J connectivity index is 1.61. The zero-order chi connectivity index (χ0) is 22.4. The van der Waals surface area contributed by atoms with Crippen LogP contribution in [0, 0.1) is 0 Å². The van der Waals surface area contributed by atoms with Crippen LogP contribution >= 0.6 is 11.6 Å². The van der Waals surface area contributed by atoms with Crippen LogP contribution in [-0.2, 0) is 10.0 Å². The molecule has 31 heavy (non-hydrogen) atoms. The van der Waals surface area contributed by atoms with Crippen LogP contribution in [-0.4, -0.2) is 56.0 Å². The minimum absolute atomic E-state index is 0.167. The van der Waals surface area contributed by atoms with Crippen LogP contribution in [0.15, 0.2) is 48.5 Å². The van der Waals surface area contributed by atoms with Crippen LogP contribution in [0.2, 0.25) is 5.02 Å². The number of nitrogens with zero attached hydrogens (tertiary/aromatic N) is 1. The fourth-order valence-corrected chi connectivity index (χ4v) is 5.37. The van der Waals surface area contributed by atoms with Crippen molar-refractivity contribution in [3.63, 3.8) is 0 Å². The molecule has 0 saturated carbocycles. The van der Waals surface area contributed by atoms with Gasteiger partial charge >= 0.3 is 6.09 Å². The summed E-state index contributed by atoms with van der Waals surface area (Å²) in [5, 5.41) is 11.9. The van der Waals surface area contributed by atoms with Gasteiger partial charge in [-0.15, -0.1) is 0 Å². The molecular formula is C21H25ClN2O6S. The summed E-state index contributed by atoms with van der Waals surface area (Å²) in [7, 11) is -2.13. The lowest BCUT2D eigenvalue weighted by molar-refractivity contribution is 0.135. The van der Waals surface area contributed by atoms with Crippen molar-refractivity contribution in [2.24, 2.45) is 0 Å². The SMILES string of the molecule is COc1ccc(OC2CCN(S(=O)(=O)C[C@H](NC(=O)O)c3ccccc3)CC2)c(Cl)c1. The highest BCUT2D eigenvalue weighted by molar-refractivity contribution is 7.89. The third-order valence-electron chi connectivity index (χ3n) is 5.10. The van der Waals surface area contributed by atoms with E-state index in [1.807, 2.05) is 0 Å². The first-order valence-electron chi connectivity index (χ1n) is 9.81. The number of amides is 1. The van der Waals surface area contributed by atoms with E-state index < -0.39 is 22.2 Å². The second-order valence-corrected chi connectivity index (χ2v) is 9.62. The molecule has 1 aliphatic heterocycles. The van der Waals surface area contributed by atoms with E-state index >= 15 is 0 Å². The summed E-state index contributed by atoms with van der Waals surface area (Å²) in [4.78, 5) is 11.2. The smallest absolute Gasteiger partial charge is 0.405 e. The van der Waals surface area contributed by atoms with Gasteiger partial charge in [0.25, 0.3) is 0 Å². The van der Waals surface area contributed by atoms with E-state index in [2.05, 4.69) is 5.32 Å². The maximum absolute atomic E-state index is 13.0. The number of halogens is 1. The van der Waals surface area contributed by atoms with Crippen molar-refractivity contribution in [2.75, 3.05) is 26.0 Å². The van der Waals surface area contributed by atoms with Gasteiger partial charge in [-0.1, -0.05) is 41.9 Å². The van der Waals surface area contributed by atoms with Crippen LogP contribution in [0.4, 0.5) is 4.79 Å². The van der Waals surface area contributed by atoms with Crippen molar-refractivity contribution >= 4 is 27.7 Å². The Kier molecular flexibility index (Phi) is 7.64. The number of methoxy groups -OCH3 is 1. The topological polar surface area (TPSA) is 105 Å². The standard InChI is InChI=1S/C21H25ClN2O6S/c1-29-17-7-8-20(18(22)13-17)30-16-9-11-24(12-10-16)31(27,28)14-19(23-21(25)26)15-5-3-2-4-6-15/h2-8,13,16,19,23H,9-12,14H2,1H3,(H,25,26)/t19-/m0/s1. The first-order valence-corrected chi connectivity index (χ1v) is 11.8. The average Bonchev–Trinajstić information content (AvgIpc) is 2.75. The van der Waals surface area contributed by atoms with E-state index in [0.717, 1.165) is 0 Å². The number of benzene rings is 2. The number of sulfonamides is 1. The molecule has 1 fully saturated rings. The Morgan fingerprint density at radius 2 is 1.90 bits per heavy atom. The minimum atomic E-state index is -3.68. The number of carboxylic acid groups (broad SMARTS) is 1. The van der Waals surface area contributed by atoms with Gasteiger partial charge < -0.3 is 19.9 Å². The number of hydrogen-bond donors (Lipinski definition) is 2.